The molecule has 2 rings (SSSR count). The van der Waals surface area contributed by atoms with Crippen LogP contribution in [0.3, 0.4) is 0 Å². The minimum absolute atomic E-state index is 0.293. The molecule has 0 aromatic carbocycles. The van der Waals surface area contributed by atoms with E-state index in [4.69, 9.17) is 4.74 Å². The molecule has 1 aromatic rings. The van der Waals surface area contributed by atoms with Crippen LogP contribution in [-0.2, 0) is 12.8 Å². The van der Waals surface area contributed by atoms with Crippen LogP contribution in [0.2, 0.25) is 0 Å². The Kier molecular flexibility index (Phi) is 3.66. The molecule has 0 atom stereocenters. The molecule has 0 fully saturated rings. The number of alkyl halides is 2. The zero-order valence-electron chi connectivity index (χ0n) is 8.88. The van der Waals surface area contributed by atoms with Crippen LogP contribution in [-0.4, -0.2) is 31.1 Å². The third kappa shape index (κ3) is 2.88. The zero-order valence-corrected chi connectivity index (χ0v) is 8.88. The fourth-order valence-corrected chi connectivity index (χ4v) is 1.74. The Labute approximate surface area is 92.8 Å². The van der Waals surface area contributed by atoms with Crippen molar-refractivity contribution in [3.05, 3.63) is 23.4 Å². The summed E-state index contributed by atoms with van der Waals surface area (Å²) >= 11 is 0. The minimum atomic E-state index is -2.46. The van der Waals surface area contributed by atoms with Gasteiger partial charge in [-0.15, -0.1) is 0 Å². The first-order valence-corrected chi connectivity index (χ1v) is 5.36. The maximum atomic E-state index is 12.0. The van der Waals surface area contributed by atoms with Gasteiger partial charge in [-0.1, -0.05) is 6.07 Å². The number of ether oxygens (including phenoxy) is 1. The Morgan fingerprint density at radius 1 is 1.31 bits per heavy atom. The monoisotopic (exact) mass is 228 g/mol. The Hall–Kier alpha value is -1.23. The third-order valence-corrected chi connectivity index (χ3v) is 2.51. The Morgan fingerprint density at radius 3 is 2.94 bits per heavy atom. The van der Waals surface area contributed by atoms with Crippen LogP contribution >= 0.6 is 0 Å². The molecule has 1 aliphatic rings. The second-order valence-corrected chi connectivity index (χ2v) is 3.71. The maximum Gasteiger partial charge on any atom is 0.272 e. The number of nitrogens with zero attached hydrogens (tertiary/aromatic N) is 1. The Balaban J connectivity index is 2.08. The van der Waals surface area contributed by atoms with Gasteiger partial charge in [-0.05, 0) is 18.5 Å². The van der Waals surface area contributed by atoms with Crippen LogP contribution < -0.4 is 10.1 Å². The number of halogens is 2. The fraction of sp³-hybridized carbons (Fsp3) is 0.545. The average Bonchev–Trinajstić information content (AvgIpc) is 2.50. The van der Waals surface area contributed by atoms with Gasteiger partial charge in [0, 0.05) is 24.7 Å². The number of rotatable bonds is 3. The zero-order chi connectivity index (χ0) is 11.4. The Morgan fingerprint density at radius 2 is 2.12 bits per heavy atom. The van der Waals surface area contributed by atoms with E-state index >= 15 is 0 Å². The molecule has 5 heteroatoms. The minimum Gasteiger partial charge on any atom is -0.472 e. The van der Waals surface area contributed by atoms with E-state index in [-0.39, 0.29) is 0 Å². The number of aromatic nitrogens is 1. The predicted octanol–water partition coefficient (Wildman–Crippen LogP) is 1.41. The van der Waals surface area contributed by atoms with Crippen molar-refractivity contribution in [3.63, 3.8) is 0 Å². The van der Waals surface area contributed by atoms with Crippen molar-refractivity contribution in [2.75, 3.05) is 19.7 Å². The molecule has 0 amide bonds. The van der Waals surface area contributed by atoms with Crippen molar-refractivity contribution in [2.45, 2.75) is 19.3 Å². The van der Waals surface area contributed by atoms with Crippen molar-refractivity contribution in [2.24, 2.45) is 0 Å². The summed E-state index contributed by atoms with van der Waals surface area (Å²) in [5.74, 6) is 0.293. The van der Waals surface area contributed by atoms with E-state index in [2.05, 4.69) is 10.3 Å². The lowest BCUT2D eigenvalue weighted by molar-refractivity contribution is 0.0795. The van der Waals surface area contributed by atoms with Crippen LogP contribution in [0.15, 0.2) is 12.1 Å². The molecule has 0 spiro atoms. The van der Waals surface area contributed by atoms with Gasteiger partial charge in [0.1, 0.15) is 0 Å². The van der Waals surface area contributed by atoms with Crippen LogP contribution in [0, 0.1) is 0 Å². The number of nitrogens with one attached hydrogen (secondary N) is 1. The summed E-state index contributed by atoms with van der Waals surface area (Å²) in [5.41, 5.74) is 2.13. The van der Waals surface area contributed by atoms with Gasteiger partial charge in [-0.3, -0.25) is 0 Å². The van der Waals surface area contributed by atoms with E-state index < -0.39 is 13.0 Å². The van der Waals surface area contributed by atoms with Gasteiger partial charge in [0.05, 0.1) is 0 Å². The molecule has 0 bridgehead atoms. The molecular formula is C11H14F2N2O. The second-order valence-electron chi connectivity index (χ2n) is 3.71. The number of fused-ring (bicyclic) bond motifs is 1. The molecule has 1 aromatic heterocycles. The van der Waals surface area contributed by atoms with Crippen molar-refractivity contribution in [1.29, 1.82) is 0 Å². The largest absolute Gasteiger partial charge is 0.472 e. The molecule has 16 heavy (non-hydrogen) atoms. The smallest absolute Gasteiger partial charge is 0.272 e. The van der Waals surface area contributed by atoms with Gasteiger partial charge in [0.15, 0.2) is 6.61 Å². The molecular weight excluding hydrogens is 214 g/mol. The lowest BCUT2D eigenvalue weighted by Crippen LogP contribution is -2.16. The lowest BCUT2D eigenvalue weighted by Gasteiger charge is -2.08. The van der Waals surface area contributed by atoms with Crippen molar-refractivity contribution >= 4 is 0 Å². The lowest BCUT2D eigenvalue weighted by atomic mass is 10.1. The number of hydrogen-bond donors (Lipinski definition) is 1. The summed E-state index contributed by atoms with van der Waals surface area (Å²) < 4.78 is 28.8. The van der Waals surface area contributed by atoms with Gasteiger partial charge in [-0.25, -0.2) is 13.8 Å². The predicted molar refractivity (Wildman–Crippen MR) is 56.0 cm³/mol. The summed E-state index contributed by atoms with van der Waals surface area (Å²) in [6.45, 7) is 1.22. The van der Waals surface area contributed by atoms with Crippen LogP contribution in [0.5, 0.6) is 5.88 Å². The first-order valence-electron chi connectivity index (χ1n) is 5.36. The molecule has 2 heterocycles. The summed E-state index contributed by atoms with van der Waals surface area (Å²) in [6, 6.07) is 3.57. The molecule has 0 saturated carbocycles. The molecule has 0 unspecified atom stereocenters. The Bertz CT molecular complexity index is 358. The van der Waals surface area contributed by atoms with E-state index in [9.17, 15) is 8.78 Å². The quantitative estimate of drug-likeness (QED) is 0.849. The van der Waals surface area contributed by atoms with E-state index in [0.29, 0.717) is 5.88 Å². The van der Waals surface area contributed by atoms with Crippen molar-refractivity contribution < 1.29 is 13.5 Å². The summed E-state index contributed by atoms with van der Waals surface area (Å²) in [7, 11) is 0. The van der Waals surface area contributed by atoms with E-state index in [1.165, 1.54) is 5.56 Å². The summed E-state index contributed by atoms with van der Waals surface area (Å²) in [4.78, 5) is 4.25. The summed E-state index contributed by atoms with van der Waals surface area (Å²) in [5, 5.41) is 3.26. The van der Waals surface area contributed by atoms with Crippen LogP contribution in [0.4, 0.5) is 8.78 Å². The molecule has 88 valence electrons. The highest BCUT2D eigenvalue weighted by atomic mass is 19.3. The number of pyridine rings is 1. The highest BCUT2D eigenvalue weighted by molar-refractivity contribution is 5.27. The SMILES string of the molecule is FC(F)COc1ccc2c(n1)CCNCC2. The van der Waals surface area contributed by atoms with Crippen molar-refractivity contribution in [1.82, 2.24) is 10.3 Å². The standard InChI is InChI=1S/C11H14F2N2O/c12-10(13)7-16-11-2-1-8-3-5-14-6-4-9(8)15-11/h1-2,10,14H,3-7H2. The number of hydrogen-bond acceptors (Lipinski definition) is 3. The van der Waals surface area contributed by atoms with Gasteiger partial charge in [0.25, 0.3) is 6.43 Å². The first kappa shape index (κ1) is 11.3. The van der Waals surface area contributed by atoms with E-state index in [0.717, 1.165) is 31.6 Å². The average molecular weight is 228 g/mol. The van der Waals surface area contributed by atoms with Crippen LogP contribution in [0.1, 0.15) is 11.3 Å². The first-order chi connectivity index (χ1) is 7.75. The van der Waals surface area contributed by atoms with Gasteiger partial charge < -0.3 is 10.1 Å². The molecule has 3 nitrogen and oxygen atoms in total. The fourth-order valence-electron chi connectivity index (χ4n) is 1.74. The summed E-state index contributed by atoms with van der Waals surface area (Å²) in [6.07, 6.45) is -0.708. The molecule has 0 aliphatic carbocycles. The maximum absolute atomic E-state index is 12.0. The topological polar surface area (TPSA) is 34.1 Å². The second kappa shape index (κ2) is 5.21. The molecule has 1 N–H and O–H groups in total. The van der Waals surface area contributed by atoms with Crippen molar-refractivity contribution in [3.8, 4) is 5.88 Å². The third-order valence-electron chi connectivity index (χ3n) is 2.51. The highest BCUT2D eigenvalue weighted by Crippen LogP contribution is 2.16. The molecule has 0 radical (unpaired) electrons. The van der Waals surface area contributed by atoms with E-state index in [1.54, 1.807) is 6.07 Å². The van der Waals surface area contributed by atoms with E-state index in [1.807, 2.05) is 6.07 Å². The molecule has 1 aliphatic heterocycles. The highest BCUT2D eigenvalue weighted by Gasteiger charge is 2.11. The molecule has 0 saturated heterocycles. The van der Waals surface area contributed by atoms with Gasteiger partial charge in [0.2, 0.25) is 5.88 Å². The van der Waals surface area contributed by atoms with Crippen LogP contribution in [0.25, 0.3) is 0 Å². The van der Waals surface area contributed by atoms with Gasteiger partial charge in [-0.2, -0.15) is 0 Å². The van der Waals surface area contributed by atoms with Gasteiger partial charge >= 0.3 is 0 Å². The normalized spacial score (nSPS) is 15.7.